The quantitative estimate of drug-likeness (QED) is 0.713. The van der Waals surface area contributed by atoms with Crippen molar-refractivity contribution in [2.24, 2.45) is 10.9 Å². The standard InChI is InChI=1S/C12H16FN3O/c13-10-5-14-8-15(6-10)7-11-12(17)9-1-3-16(11)4-2-9/h5-6,9,11H,1-4,7-8H2. The van der Waals surface area contributed by atoms with Crippen molar-refractivity contribution in [3.8, 4) is 0 Å². The van der Waals surface area contributed by atoms with Crippen LogP contribution in [0.4, 0.5) is 4.39 Å². The summed E-state index contributed by atoms with van der Waals surface area (Å²) >= 11 is 0. The number of nitrogens with zero attached hydrogens (tertiary/aromatic N) is 3. The zero-order valence-corrected chi connectivity index (χ0v) is 9.68. The molecule has 4 rings (SSSR count). The van der Waals surface area contributed by atoms with Crippen LogP contribution in [0.1, 0.15) is 12.8 Å². The zero-order chi connectivity index (χ0) is 11.8. The fourth-order valence-electron chi connectivity index (χ4n) is 2.97. The molecule has 17 heavy (non-hydrogen) atoms. The number of hydrogen-bond donors (Lipinski definition) is 0. The Balaban J connectivity index is 1.69. The highest BCUT2D eigenvalue weighted by Gasteiger charge is 2.41. The Morgan fingerprint density at radius 3 is 2.82 bits per heavy atom. The second-order valence-electron chi connectivity index (χ2n) is 4.97. The molecule has 0 aliphatic carbocycles. The van der Waals surface area contributed by atoms with Gasteiger partial charge in [0.05, 0.1) is 12.3 Å². The molecule has 0 saturated carbocycles. The number of halogens is 1. The van der Waals surface area contributed by atoms with Crippen molar-refractivity contribution in [3.05, 3.63) is 12.0 Å². The molecule has 4 aliphatic heterocycles. The lowest BCUT2D eigenvalue weighted by atomic mass is 9.82. The van der Waals surface area contributed by atoms with Gasteiger partial charge in [-0.2, -0.15) is 0 Å². The second kappa shape index (κ2) is 4.22. The van der Waals surface area contributed by atoms with E-state index < -0.39 is 0 Å². The molecule has 4 nitrogen and oxygen atoms in total. The van der Waals surface area contributed by atoms with E-state index in [2.05, 4.69) is 9.89 Å². The number of rotatable bonds is 2. The molecular formula is C12H16FN3O. The minimum absolute atomic E-state index is 0.0557. The number of piperidine rings is 3. The van der Waals surface area contributed by atoms with Crippen LogP contribution in [0.2, 0.25) is 0 Å². The first-order chi connectivity index (χ1) is 8.24. The van der Waals surface area contributed by atoms with Crippen LogP contribution in [0, 0.1) is 5.92 Å². The maximum Gasteiger partial charge on any atom is 0.156 e. The van der Waals surface area contributed by atoms with E-state index in [4.69, 9.17) is 0 Å². The van der Waals surface area contributed by atoms with E-state index in [-0.39, 0.29) is 17.8 Å². The Bertz CT molecular complexity index is 385. The number of carbonyl (C=O) groups excluding carboxylic acids is 1. The van der Waals surface area contributed by atoms with E-state index in [0.29, 0.717) is 19.0 Å². The van der Waals surface area contributed by atoms with Crippen LogP contribution in [0.3, 0.4) is 0 Å². The number of hydrogen-bond acceptors (Lipinski definition) is 4. The van der Waals surface area contributed by atoms with Crippen molar-refractivity contribution in [2.45, 2.75) is 18.9 Å². The van der Waals surface area contributed by atoms with Crippen LogP contribution >= 0.6 is 0 Å². The Kier molecular flexibility index (Phi) is 2.70. The van der Waals surface area contributed by atoms with Crippen LogP contribution in [0.15, 0.2) is 17.0 Å². The number of allylic oxidation sites excluding steroid dienone is 1. The molecule has 3 saturated heterocycles. The van der Waals surface area contributed by atoms with Crippen molar-refractivity contribution in [1.82, 2.24) is 9.80 Å². The molecule has 0 N–H and O–H groups in total. The van der Waals surface area contributed by atoms with Gasteiger partial charge in [0.1, 0.15) is 6.67 Å². The van der Waals surface area contributed by atoms with Crippen molar-refractivity contribution in [3.63, 3.8) is 0 Å². The second-order valence-corrected chi connectivity index (χ2v) is 4.97. The Morgan fingerprint density at radius 2 is 2.18 bits per heavy atom. The predicted molar refractivity (Wildman–Crippen MR) is 62.3 cm³/mol. The van der Waals surface area contributed by atoms with Gasteiger partial charge in [0.25, 0.3) is 0 Å². The van der Waals surface area contributed by atoms with Crippen LogP contribution in [-0.4, -0.2) is 54.1 Å². The summed E-state index contributed by atoms with van der Waals surface area (Å²) < 4.78 is 13.0. The third-order valence-electron chi connectivity index (χ3n) is 3.89. The number of ketones is 1. The topological polar surface area (TPSA) is 35.9 Å². The summed E-state index contributed by atoms with van der Waals surface area (Å²) in [7, 11) is 0. The molecule has 0 aromatic carbocycles. The molecule has 1 atom stereocenters. The molecule has 2 bridgehead atoms. The van der Waals surface area contributed by atoms with Gasteiger partial charge >= 0.3 is 0 Å². The summed E-state index contributed by atoms with van der Waals surface area (Å²) in [6, 6.07) is -0.0557. The summed E-state index contributed by atoms with van der Waals surface area (Å²) in [5.41, 5.74) is 0. The van der Waals surface area contributed by atoms with Crippen LogP contribution in [0.5, 0.6) is 0 Å². The van der Waals surface area contributed by atoms with Crippen molar-refractivity contribution < 1.29 is 9.18 Å². The number of fused-ring (bicyclic) bond motifs is 3. The molecule has 0 aromatic rings. The van der Waals surface area contributed by atoms with Gasteiger partial charge in [-0.3, -0.25) is 14.7 Å². The third kappa shape index (κ3) is 1.99. The first-order valence-electron chi connectivity index (χ1n) is 6.13. The fourth-order valence-corrected chi connectivity index (χ4v) is 2.97. The average Bonchev–Trinajstić information content (AvgIpc) is 2.34. The highest BCUT2D eigenvalue weighted by atomic mass is 19.1. The SMILES string of the molecule is O=C1C2CCN(CC2)C1CN1C=C(F)C=NC1. The van der Waals surface area contributed by atoms with E-state index in [0.717, 1.165) is 25.9 Å². The number of Topliss-reactive ketones (excluding diaryl/α,β-unsaturated/α-hetero) is 1. The van der Waals surface area contributed by atoms with Gasteiger partial charge in [0, 0.05) is 18.7 Å². The van der Waals surface area contributed by atoms with Crippen molar-refractivity contribution in [2.75, 3.05) is 26.3 Å². The van der Waals surface area contributed by atoms with Crippen LogP contribution < -0.4 is 0 Å². The fraction of sp³-hybridized carbons (Fsp3) is 0.667. The van der Waals surface area contributed by atoms with Gasteiger partial charge in [-0.15, -0.1) is 0 Å². The van der Waals surface area contributed by atoms with Crippen LogP contribution in [-0.2, 0) is 4.79 Å². The lowest BCUT2D eigenvalue weighted by Gasteiger charge is -2.45. The Hall–Kier alpha value is -1.23. The maximum absolute atomic E-state index is 13.0. The van der Waals surface area contributed by atoms with E-state index >= 15 is 0 Å². The molecule has 0 aromatic heterocycles. The van der Waals surface area contributed by atoms with Gasteiger partial charge in [-0.1, -0.05) is 0 Å². The Labute approximate surface area is 99.8 Å². The van der Waals surface area contributed by atoms with E-state index in [1.54, 1.807) is 4.90 Å². The number of carbonyl (C=O) groups is 1. The monoisotopic (exact) mass is 237 g/mol. The van der Waals surface area contributed by atoms with Gasteiger partial charge in [-0.25, -0.2) is 4.39 Å². The smallest absolute Gasteiger partial charge is 0.156 e. The molecule has 5 heteroatoms. The molecule has 0 spiro atoms. The zero-order valence-electron chi connectivity index (χ0n) is 9.68. The lowest BCUT2D eigenvalue weighted by molar-refractivity contribution is -0.137. The van der Waals surface area contributed by atoms with E-state index in [1.807, 2.05) is 0 Å². The highest BCUT2D eigenvalue weighted by Crippen LogP contribution is 2.29. The van der Waals surface area contributed by atoms with Gasteiger partial charge in [-0.05, 0) is 25.9 Å². The van der Waals surface area contributed by atoms with E-state index in [1.165, 1.54) is 12.4 Å². The normalized spacial score (nSPS) is 36.3. The average molecular weight is 237 g/mol. The molecule has 92 valence electrons. The van der Waals surface area contributed by atoms with Gasteiger partial charge in [0.2, 0.25) is 0 Å². The first kappa shape index (κ1) is 10.9. The molecule has 4 heterocycles. The summed E-state index contributed by atoms with van der Waals surface area (Å²) in [6.07, 6.45) is 4.67. The van der Waals surface area contributed by atoms with Crippen LogP contribution in [0.25, 0.3) is 0 Å². The maximum atomic E-state index is 13.0. The minimum Gasteiger partial charge on any atom is -0.354 e. The minimum atomic E-state index is -0.334. The molecule has 0 radical (unpaired) electrons. The number of aliphatic imine (C=N–C) groups is 1. The first-order valence-corrected chi connectivity index (χ1v) is 6.13. The largest absolute Gasteiger partial charge is 0.354 e. The summed E-state index contributed by atoms with van der Waals surface area (Å²) in [5.74, 6) is 0.248. The predicted octanol–water partition coefficient (Wildman–Crippen LogP) is 0.805. The Morgan fingerprint density at radius 1 is 1.41 bits per heavy atom. The van der Waals surface area contributed by atoms with Crippen molar-refractivity contribution >= 4 is 12.0 Å². The van der Waals surface area contributed by atoms with Gasteiger partial charge < -0.3 is 4.90 Å². The summed E-state index contributed by atoms with van der Waals surface area (Å²) in [4.78, 5) is 20.1. The molecule has 1 unspecified atom stereocenters. The lowest BCUT2D eigenvalue weighted by Crippen LogP contribution is -2.58. The molecule has 3 fully saturated rings. The molecular weight excluding hydrogens is 221 g/mol. The van der Waals surface area contributed by atoms with Gasteiger partial charge in [0.15, 0.2) is 11.6 Å². The molecule has 0 amide bonds. The third-order valence-corrected chi connectivity index (χ3v) is 3.89. The summed E-state index contributed by atoms with van der Waals surface area (Å²) in [5, 5.41) is 0. The summed E-state index contributed by atoms with van der Waals surface area (Å²) in [6.45, 7) is 3.03. The van der Waals surface area contributed by atoms with Crippen molar-refractivity contribution in [1.29, 1.82) is 0 Å². The molecule has 4 aliphatic rings. The highest BCUT2D eigenvalue weighted by molar-refractivity contribution is 5.88. The van der Waals surface area contributed by atoms with E-state index in [9.17, 15) is 9.18 Å².